The van der Waals surface area contributed by atoms with E-state index >= 15 is 0 Å². The Hall–Kier alpha value is -1.90. The van der Waals surface area contributed by atoms with Crippen molar-refractivity contribution in [2.45, 2.75) is 19.9 Å². The Kier molecular flexibility index (Phi) is 9.46. The van der Waals surface area contributed by atoms with Gasteiger partial charge in [-0.1, -0.05) is 12.1 Å². The standard InChI is InChI=1S/C21H31N5O.HI/c1-3-22-21(23-11-15-25-12-6-7-13-25)24-16-18-10-14-26(17-18)19-8-4-5-9-20(19)27-2;/h4-9,12-13,18H,3,10-11,14-17H2,1-2H3,(H2,22,23,24);1H. The second-order valence-corrected chi connectivity index (χ2v) is 6.84. The summed E-state index contributed by atoms with van der Waals surface area (Å²) in [5.41, 5.74) is 1.18. The van der Waals surface area contributed by atoms with Gasteiger partial charge in [-0.05, 0) is 43.5 Å². The van der Waals surface area contributed by atoms with E-state index in [-0.39, 0.29) is 24.0 Å². The van der Waals surface area contributed by atoms with Gasteiger partial charge in [0.25, 0.3) is 0 Å². The summed E-state index contributed by atoms with van der Waals surface area (Å²) in [5, 5.41) is 6.77. The molecule has 1 unspecified atom stereocenters. The number of ether oxygens (including phenoxy) is 1. The number of nitrogens with zero attached hydrogens (tertiary/aromatic N) is 3. The van der Waals surface area contributed by atoms with Crippen LogP contribution in [0, 0.1) is 5.92 Å². The number of para-hydroxylation sites is 2. The summed E-state index contributed by atoms with van der Waals surface area (Å²) in [6, 6.07) is 12.3. The highest BCUT2D eigenvalue weighted by Crippen LogP contribution is 2.31. The van der Waals surface area contributed by atoms with Crippen molar-refractivity contribution in [1.29, 1.82) is 0 Å². The van der Waals surface area contributed by atoms with Crippen LogP contribution in [0.25, 0.3) is 0 Å². The Morgan fingerprint density at radius 2 is 1.96 bits per heavy atom. The number of methoxy groups -OCH3 is 1. The molecule has 1 aliphatic rings. The maximum atomic E-state index is 5.51. The number of aromatic nitrogens is 1. The van der Waals surface area contributed by atoms with E-state index in [4.69, 9.17) is 9.73 Å². The second kappa shape index (κ2) is 11.8. The van der Waals surface area contributed by atoms with Gasteiger partial charge in [-0.15, -0.1) is 24.0 Å². The van der Waals surface area contributed by atoms with Gasteiger partial charge in [-0.2, -0.15) is 0 Å². The molecule has 1 aromatic carbocycles. The summed E-state index contributed by atoms with van der Waals surface area (Å²) >= 11 is 0. The summed E-state index contributed by atoms with van der Waals surface area (Å²) < 4.78 is 7.67. The maximum Gasteiger partial charge on any atom is 0.191 e. The van der Waals surface area contributed by atoms with Gasteiger partial charge in [-0.3, -0.25) is 4.99 Å². The molecule has 7 heteroatoms. The Morgan fingerprint density at radius 3 is 2.71 bits per heavy atom. The average Bonchev–Trinajstić information content (AvgIpc) is 3.38. The number of anilines is 1. The molecular weight excluding hydrogens is 465 g/mol. The summed E-state index contributed by atoms with van der Waals surface area (Å²) in [6.45, 7) is 7.67. The van der Waals surface area contributed by atoms with Gasteiger partial charge in [0, 0.05) is 51.7 Å². The highest BCUT2D eigenvalue weighted by molar-refractivity contribution is 14.0. The normalized spacial score (nSPS) is 16.6. The first-order valence-corrected chi connectivity index (χ1v) is 9.81. The van der Waals surface area contributed by atoms with Crippen LogP contribution in [0.5, 0.6) is 5.75 Å². The van der Waals surface area contributed by atoms with Gasteiger partial charge < -0.3 is 24.8 Å². The first-order valence-electron chi connectivity index (χ1n) is 9.81. The third kappa shape index (κ3) is 6.32. The molecule has 6 nitrogen and oxygen atoms in total. The van der Waals surface area contributed by atoms with E-state index in [0.29, 0.717) is 5.92 Å². The lowest BCUT2D eigenvalue weighted by atomic mass is 10.1. The van der Waals surface area contributed by atoms with E-state index in [9.17, 15) is 0 Å². The predicted octanol–water partition coefficient (Wildman–Crippen LogP) is 3.20. The number of halogens is 1. The van der Waals surface area contributed by atoms with Crippen molar-refractivity contribution in [2.75, 3.05) is 44.7 Å². The second-order valence-electron chi connectivity index (χ2n) is 6.84. The molecule has 1 aliphatic heterocycles. The van der Waals surface area contributed by atoms with Gasteiger partial charge in [0.1, 0.15) is 5.75 Å². The molecule has 1 fully saturated rings. The lowest BCUT2D eigenvalue weighted by Crippen LogP contribution is -2.39. The molecule has 2 N–H and O–H groups in total. The lowest BCUT2D eigenvalue weighted by molar-refractivity contribution is 0.414. The fraction of sp³-hybridized carbons (Fsp3) is 0.476. The van der Waals surface area contributed by atoms with Crippen LogP contribution in [0.4, 0.5) is 5.69 Å². The lowest BCUT2D eigenvalue weighted by Gasteiger charge is -2.21. The van der Waals surface area contributed by atoms with Crippen molar-refractivity contribution in [1.82, 2.24) is 15.2 Å². The van der Waals surface area contributed by atoms with Crippen LogP contribution in [-0.2, 0) is 6.54 Å². The van der Waals surface area contributed by atoms with E-state index in [1.165, 1.54) is 5.69 Å². The van der Waals surface area contributed by atoms with Crippen molar-refractivity contribution in [3.63, 3.8) is 0 Å². The topological polar surface area (TPSA) is 53.8 Å². The number of nitrogens with one attached hydrogen (secondary N) is 2. The number of rotatable bonds is 8. The first-order chi connectivity index (χ1) is 13.3. The Morgan fingerprint density at radius 1 is 1.18 bits per heavy atom. The quantitative estimate of drug-likeness (QED) is 0.334. The third-order valence-corrected chi connectivity index (χ3v) is 4.89. The first kappa shape index (κ1) is 22.4. The Balaban J connectivity index is 0.00000280. The number of guanidine groups is 1. The zero-order chi connectivity index (χ0) is 18.9. The van der Waals surface area contributed by atoms with Gasteiger partial charge in [0.2, 0.25) is 0 Å². The number of hydrogen-bond acceptors (Lipinski definition) is 3. The molecule has 0 bridgehead atoms. The fourth-order valence-electron chi connectivity index (χ4n) is 3.48. The Labute approximate surface area is 185 Å². The largest absolute Gasteiger partial charge is 0.495 e. The number of aliphatic imine (C=N–C) groups is 1. The molecule has 2 heterocycles. The maximum absolute atomic E-state index is 5.51. The van der Waals surface area contributed by atoms with Crippen molar-refractivity contribution in [3.8, 4) is 5.75 Å². The van der Waals surface area contributed by atoms with Crippen LogP contribution in [0.2, 0.25) is 0 Å². The zero-order valence-electron chi connectivity index (χ0n) is 16.8. The van der Waals surface area contributed by atoms with E-state index in [2.05, 4.69) is 51.6 Å². The summed E-state index contributed by atoms with van der Waals surface area (Å²) in [7, 11) is 1.73. The molecular formula is C21H32IN5O. The van der Waals surface area contributed by atoms with Crippen molar-refractivity contribution >= 4 is 35.6 Å². The SMILES string of the molecule is CCNC(=NCC1CCN(c2ccccc2OC)C1)NCCn1cccc1.I. The molecule has 0 spiro atoms. The summed E-state index contributed by atoms with van der Waals surface area (Å²) in [4.78, 5) is 7.22. The fourth-order valence-corrected chi connectivity index (χ4v) is 3.48. The molecule has 0 aliphatic carbocycles. The van der Waals surface area contributed by atoms with Gasteiger partial charge in [0.05, 0.1) is 12.8 Å². The molecule has 1 saturated heterocycles. The molecule has 28 heavy (non-hydrogen) atoms. The van der Waals surface area contributed by atoms with Gasteiger partial charge >= 0.3 is 0 Å². The van der Waals surface area contributed by atoms with Crippen molar-refractivity contribution in [2.24, 2.45) is 10.9 Å². The van der Waals surface area contributed by atoms with Gasteiger partial charge in [0.15, 0.2) is 5.96 Å². The predicted molar refractivity (Wildman–Crippen MR) is 127 cm³/mol. The minimum atomic E-state index is 0. The highest BCUT2D eigenvalue weighted by atomic mass is 127. The van der Waals surface area contributed by atoms with E-state index in [0.717, 1.165) is 57.4 Å². The van der Waals surface area contributed by atoms with Crippen LogP contribution in [-0.4, -0.2) is 50.4 Å². The smallest absolute Gasteiger partial charge is 0.191 e. The number of benzene rings is 1. The van der Waals surface area contributed by atoms with Crippen LogP contribution < -0.4 is 20.3 Å². The van der Waals surface area contributed by atoms with Crippen LogP contribution in [0.1, 0.15) is 13.3 Å². The van der Waals surface area contributed by atoms with Crippen LogP contribution in [0.15, 0.2) is 53.8 Å². The molecule has 1 aromatic heterocycles. The molecule has 2 aromatic rings. The monoisotopic (exact) mass is 497 g/mol. The molecule has 154 valence electrons. The highest BCUT2D eigenvalue weighted by Gasteiger charge is 2.24. The third-order valence-electron chi connectivity index (χ3n) is 4.89. The van der Waals surface area contributed by atoms with Crippen LogP contribution >= 0.6 is 24.0 Å². The molecule has 0 amide bonds. The van der Waals surface area contributed by atoms with E-state index in [1.807, 2.05) is 24.3 Å². The zero-order valence-corrected chi connectivity index (χ0v) is 19.1. The van der Waals surface area contributed by atoms with Crippen molar-refractivity contribution in [3.05, 3.63) is 48.8 Å². The molecule has 0 saturated carbocycles. The Bertz CT molecular complexity index is 719. The minimum absolute atomic E-state index is 0. The van der Waals surface area contributed by atoms with Crippen LogP contribution in [0.3, 0.4) is 0 Å². The summed E-state index contributed by atoms with van der Waals surface area (Å²) in [6.07, 6.45) is 5.32. The average molecular weight is 497 g/mol. The number of hydrogen-bond donors (Lipinski definition) is 2. The molecule has 0 radical (unpaired) electrons. The molecule has 1 atom stereocenters. The molecule has 3 rings (SSSR count). The van der Waals surface area contributed by atoms with Crippen molar-refractivity contribution < 1.29 is 4.74 Å². The summed E-state index contributed by atoms with van der Waals surface area (Å²) in [5.74, 6) is 2.41. The van der Waals surface area contributed by atoms with E-state index < -0.39 is 0 Å². The van der Waals surface area contributed by atoms with Gasteiger partial charge in [-0.25, -0.2) is 0 Å². The van der Waals surface area contributed by atoms with E-state index in [1.54, 1.807) is 7.11 Å². The minimum Gasteiger partial charge on any atom is -0.495 e.